The van der Waals surface area contributed by atoms with Crippen molar-refractivity contribution in [3.63, 3.8) is 0 Å². The predicted molar refractivity (Wildman–Crippen MR) is 113 cm³/mol. The van der Waals surface area contributed by atoms with Crippen LogP contribution >= 0.6 is 34.5 Å². The highest BCUT2D eigenvalue weighted by Gasteiger charge is 2.34. The summed E-state index contributed by atoms with van der Waals surface area (Å²) in [5.74, 6) is -0.302. The Bertz CT molecular complexity index is 1060. The van der Waals surface area contributed by atoms with E-state index >= 15 is 0 Å². The zero-order valence-electron chi connectivity index (χ0n) is 15.6. The largest absolute Gasteiger partial charge is 0.375 e. The molecular weight excluding hydrogens is 441 g/mol. The molecule has 1 amide bonds. The maximum Gasteiger partial charge on any atom is 0.375 e. The molecule has 1 aromatic carbocycles. The number of nitrogens with one attached hydrogen (secondary N) is 1. The third kappa shape index (κ3) is 4.94. The van der Waals surface area contributed by atoms with Crippen LogP contribution in [0.5, 0.6) is 0 Å². The molecular formula is C19H18Cl2F2N4OS. The highest BCUT2D eigenvalue weighted by Crippen LogP contribution is 2.38. The summed E-state index contributed by atoms with van der Waals surface area (Å²) in [6.45, 7) is 3.94. The second-order valence-electron chi connectivity index (χ2n) is 6.46. The van der Waals surface area contributed by atoms with Gasteiger partial charge in [0.15, 0.2) is 0 Å². The minimum absolute atomic E-state index is 0.0199. The lowest BCUT2D eigenvalue weighted by Gasteiger charge is -2.10. The van der Waals surface area contributed by atoms with E-state index in [-0.39, 0.29) is 16.9 Å². The number of alkyl halides is 3. The standard InChI is InChI=1S/C19H18Cl2F2N4OS/c1-3-6-11(2)24-15(28)10-9-14-16(12-7-4-5-8-13(12)20)25-18-27(14)26-17(29-18)19(21,22)23/h4-5,7-11H,3,6H2,1-2H3,(H,24,28). The third-order valence-electron chi connectivity index (χ3n) is 4.11. The van der Waals surface area contributed by atoms with Crippen molar-refractivity contribution in [3.05, 3.63) is 46.1 Å². The molecule has 0 bridgehead atoms. The van der Waals surface area contributed by atoms with E-state index < -0.39 is 10.4 Å². The number of hydrogen-bond donors (Lipinski definition) is 1. The Morgan fingerprint density at radius 3 is 2.79 bits per heavy atom. The van der Waals surface area contributed by atoms with Gasteiger partial charge in [-0.25, -0.2) is 9.50 Å². The van der Waals surface area contributed by atoms with Gasteiger partial charge in [-0.05, 0) is 37.1 Å². The van der Waals surface area contributed by atoms with Crippen molar-refractivity contribution < 1.29 is 13.6 Å². The molecule has 0 radical (unpaired) electrons. The molecule has 29 heavy (non-hydrogen) atoms. The van der Waals surface area contributed by atoms with Gasteiger partial charge in [0.2, 0.25) is 15.9 Å². The van der Waals surface area contributed by atoms with Crippen LogP contribution in [-0.4, -0.2) is 26.5 Å². The summed E-state index contributed by atoms with van der Waals surface area (Å²) in [5, 5.41) is 3.00. The molecule has 2 aromatic heterocycles. The second-order valence-corrected chi connectivity index (χ2v) is 8.29. The van der Waals surface area contributed by atoms with Gasteiger partial charge < -0.3 is 5.32 Å². The van der Waals surface area contributed by atoms with Gasteiger partial charge >= 0.3 is 5.38 Å². The molecule has 154 valence electrons. The Morgan fingerprint density at radius 2 is 2.14 bits per heavy atom. The normalized spacial score (nSPS) is 13.3. The molecule has 1 atom stereocenters. The van der Waals surface area contributed by atoms with Crippen LogP contribution < -0.4 is 5.32 Å². The van der Waals surface area contributed by atoms with Crippen LogP contribution in [0.15, 0.2) is 30.3 Å². The van der Waals surface area contributed by atoms with Crippen LogP contribution in [0.25, 0.3) is 22.3 Å². The first-order valence-corrected chi connectivity index (χ1v) is 10.5. The first kappa shape index (κ1) is 21.7. The number of aromatic nitrogens is 3. The molecule has 0 saturated carbocycles. The van der Waals surface area contributed by atoms with E-state index in [2.05, 4.69) is 15.4 Å². The topological polar surface area (TPSA) is 59.3 Å². The number of imidazole rings is 1. The molecule has 2 heterocycles. The molecule has 1 N–H and O–H groups in total. The molecule has 5 nitrogen and oxygen atoms in total. The Labute approximate surface area is 180 Å². The van der Waals surface area contributed by atoms with E-state index in [0.717, 1.165) is 12.8 Å². The molecule has 0 aliphatic heterocycles. The summed E-state index contributed by atoms with van der Waals surface area (Å²) < 4.78 is 28.2. The number of rotatable bonds is 7. The van der Waals surface area contributed by atoms with Crippen molar-refractivity contribution in [2.45, 2.75) is 38.1 Å². The fourth-order valence-electron chi connectivity index (χ4n) is 2.83. The van der Waals surface area contributed by atoms with E-state index in [0.29, 0.717) is 33.3 Å². The van der Waals surface area contributed by atoms with Gasteiger partial charge in [-0.2, -0.15) is 13.9 Å². The van der Waals surface area contributed by atoms with Crippen molar-refractivity contribution in [1.29, 1.82) is 0 Å². The van der Waals surface area contributed by atoms with Crippen molar-refractivity contribution in [3.8, 4) is 11.3 Å². The van der Waals surface area contributed by atoms with Crippen molar-refractivity contribution in [2.24, 2.45) is 0 Å². The van der Waals surface area contributed by atoms with Gasteiger partial charge in [0, 0.05) is 17.7 Å². The van der Waals surface area contributed by atoms with Crippen LogP contribution in [0.3, 0.4) is 0 Å². The molecule has 1 unspecified atom stereocenters. The second kappa shape index (κ2) is 8.77. The average Bonchev–Trinajstić information content (AvgIpc) is 3.18. The summed E-state index contributed by atoms with van der Waals surface area (Å²) in [6, 6.07) is 7.03. The average molecular weight is 459 g/mol. The highest BCUT2D eigenvalue weighted by atomic mass is 35.5. The van der Waals surface area contributed by atoms with Crippen molar-refractivity contribution >= 4 is 51.5 Å². The van der Waals surface area contributed by atoms with Gasteiger partial charge in [-0.1, -0.05) is 54.5 Å². The molecule has 0 aliphatic carbocycles. The van der Waals surface area contributed by atoms with E-state index in [9.17, 15) is 13.6 Å². The lowest BCUT2D eigenvalue weighted by molar-refractivity contribution is -0.117. The molecule has 3 rings (SSSR count). The summed E-state index contributed by atoms with van der Waals surface area (Å²) >= 11 is 12.1. The van der Waals surface area contributed by atoms with Gasteiger partial charge in [0.25, 0.3) is 0 Å². The van der Waals surface area contributed by atoms with Crippen LogP contribution in [0.4, 0.5) is 8.78 Å². The monoisotopic (exact) mass is 458 g/mol. The summed E-state index contributed by atoms with van der Waals surface area (Å²) in [4.78, 5) is 16.8. The fourth-order valence-corrected chi connectivity index (χ4v) is 3.98. The predicted octanol–water partition coefficient (Wildman–Crippen LogP) is 5.72. The lowest BCUT2D eigenvalue weighted by Crippen LogP contribution is -2.30. The number of fused-ring (bicyclic) bond motifs is 1. The van der Waals surface area contributed by atoms with Crippen molar-refractivity contribution in [1.82, 2.24) is 19.9 Å². The van der Waals surface area contributed by atoms with Crippen LogP contribution in [0.2, 0.25) is 5.02 Å². The summed E-state index contributed by atoms with van der Waals surface area (Å²) in [5.41, 5.74) is 1.39. The quantitative estimate of drug-likeness (QED) is 0.363. The molecule has 10 heteroatoms. The van der Waals surface area contributed by atoms with E-state index in [4.69, 9.17) is 23.2 Å². The minimum atomic E-state index is -3.61. The molecule has 0 aliphatic rings. The zero-order valence-corrected chi connectivity index (χ0v) is 18.0. The Hall–Kier alpha value is -2.03. The highest BCUT2D eigenvalue weighted by molar-refractivity contribution is 7.17. The van der Waals surface area contributed by atoms with Gasteiger partial charge in [0.1, 0.15) is 5.69 Å². The fraction of sp³-hybridized carbons (Fsp3) is 0.316. The van der Waals surface area contributed by atoms with Gasteiger partial charge in [-0.3, -0.25) is 4.79 Å². The first-order valence-electron chi connectivity index (χ1n) is 8.91. The van der Waals surface area contributed by atoms with E-state index in [1.54, 1.807) is 24.3 Å². The van der Waals surface area contributed by atoms with Crippen LogP contribution in [-0.2, 0) is 10.2 Å². The smallest absolute Gasteiger partial charge is 0.350 e. The molecule has 0 spiro atoms. The van der Waals surface area contributed by atoms with Crippen LogP contribution in [0, 0.1) is 0 Å². The van der Waals surface area contributed by atoms with Crippen molar-refractivity contribution in [2.75, 3.05) is 0 Å². The maximum atomic E-state index is 13.5. The lowest BCUT2D eigenvalue weighted by atomic mass is 10.1. The SMILES string of the molecule is CCCC(C)NC(=O)C=Cc1c(-c2ccccc2Cl)nc2sc(C(F)(F)Cl)nn12. The molecule has 0 fully saturated rings. The number of benzene rings is 1. The number of hydrogen-bond acceptors (Lipinski definition) is 4. The summed E-state index contributed by atoms with van der Waals surface area (Å²) in [6.07, 6.45) is 4.61. The van der Waals surface area contributed by atoms with Gasteiger partial charge in [-0.15, -0.1) is 0 Å². The molecule has 0 saturated heterocycles. The van der Waals surface area contributed by atoms with Gasteiger partial charge in [0.05, 0.1) is 10.7 Å². The maximum absolute atomic E-state index is 13.5. The van der Waals surface area contributed by atoms with Crippen LogP contribution in [0.1, 0.15) is 37.4 Å². The molecule has 3 aromatic rings. The van der Waals surface area contributed by atoms with E-state index in [1.807, 2.05) is 13.8 Å². The number of carbonyl (C=O) groups excluding carboxylic acids is 1. The minimum Gasteiger partial charge on any atom is -0.350 e. The number of nitrogens with zero attached hydrogens (tertiary/aromatic N) is 3. The number of halogens is 4. The number of carbonyl (C=O) groups is 1. The Kier molecular flexibility index (Phi) is 6.55. The first-order chi connectivity index (χ1) is 13.7. The van der Waals surface area contributed by atoms with E-state index in [1.165, 1.54) is 16.7 Å². The Balaban J connectivity index is 2.05. The number of amides is 1. The zero-order chi connectivity index (χ0) is 21.2. The third-order valence-corrected chi connectivity index (χ3v) is 5.71. The summed E-state index contributed by atoms with van der Waals surface area (Å²) in [7, 11) is 0. The Morgan fingerprint density at radius 1 is 1.41 bits per heavy atom.